The Balaban J connectivity index is 1.59. The first-order valence-corrected chi connectivity index (χ1v) is 9.80. The van der Waals surface area contributed by atoms with Crippen LogP contribution in [0.15, 0.2) is 47.4 Å². The summed E-state index contributed by atoms with van der Waals surface area (Å²) in [5.41, 5.74) is 0. The summed E-state index contributed by atoms with van der Waals surface area (Å²) in [5.74, 6) is -0.447. The van der Waals surface area contributed by atoms with E-state index in [1.807, 2.05) is 24.3 Å². The molecule has 1 unspecified atom stereocenters. The molecule has 2 aromatic rings. The van der Waals surface area contributed by atoms with Crippen LogP contribution in [-0.2, 0) is 19.4 Å². The van der Waals surface area contributed by atoms with E-state index in [2.05, 4.69) is 5.32 Å². The van der Waals surface area contributed by atoms with E-state index < -0.39 is 9.84 Å². The number of amides is 1. The van der Waals surface area contributed by atoms with Crippen molar-refractivity contribution in [1.29, 1.82) is 0 Å². The maximum absolute atomic E-state index is 12.4. The third-order valence-corrected chi connectivity index (χ3v) is 5.94. The van der Waals surface area contributed by atoms with Gasteiger partial charge < -0.3 is 10.1 Å². The van der Waals surface area contributed by atoms with Crippen molar-refractivity contribution >= 4 is 26.5 Å². The van der Waals surface area contributed by atoms with Crippen LogP contribution in [0.2, 0.25) is 0 Å². The molecule has 0 aromatic heterocycles. The Labute approximate surface area is 141 Å². The number of nitrogens with one attached hydrogen (secondary N) is 1. The van der Waals surface area contributed by atoms with Gasteiger partial charge in [-0.15, -0.1) is 0 Å². The molecule has 3 rings (SSSR count). The van der Waals surface area contributed by atoms with Gasteiger partial charge in [0.25, 0.3) is 0 Å². The lowest BCUT2D eigenvalue weighted by molar-refractivity contribution is -0.121. The van der Waals surface area contributed by atoms with Crippen molar-refractivity contribution in [2.75, 3.05) is 18.9 Å². The highest BCUT2D eigenvalue weighted by molar-refractivity contribution is 7.91. The van der Waals surface area contributed by atoms with Gasteiger partial charge in [-0.2, -0.15) is 0 Å². The van der Waals surface area contributed by atoms with E-state index >= 15 is 0 Å². The molecule has 1 aliphatic rings. The second kappa shape index (κ2) is 7.32. The Hall–Kier alpha value is -1.92. The zero-order valence-electron chi connectivity index (χ0n) is 13.4. The molecule has 1 saturated heterocycles. The average molecular weight is 347 g/mol. The topological polar surface area (TPSA) is 72.5 Å². The summed E-state index contributed by atoms with van der Waals surface area (Å²) < 4.78 is 30.3. The Morgan fingerprint density at radius 3 is 2.71 bits per heavy atom. The summed E-state index contributed by atoms with van der Waals surface area (Å²) in [5, 5.41) is 4.62. The largest absolute Gasteiger partial charge is 0.376 e. The minimum Gasteiger partial charge on any atom is -0.376 e. The van der Waals surface area contributed by atoms with E-state index in [1.165, 1.54) is 0 Å². The standard InChI is InChI=1S/C18H21NO4S/c20-18(19-13-16-6-3-10-23-16)9-11-24(21,22)17-8-7-14-4-1-2-5-15(14)12-17/h1-2,4-5,7-8,12,16H,3,6,9-11,13H2,(H,19,20). The highest BCUT2D eigenvalue weighted by atomic mass is 32.2. The number of benzene rings is 2. The average Bonchev–Trinajstić information content (AvgIpc) is 3.11. The number of sulfone groups is 1. The highest BCUT2D eigenvalue weighted by Crippen LogP contribution is 2.20. The quantitative estimate of drug-likeness (QED) is 0.870. The number of rotatable bonds is 6. The molecule has 0 saturated carbocycles. The van der Waals surface area contributed by atoms with Crippen LogP contribution >= 0.6 is 0 Å². The molecule has 128 valence electrons. The van der Waals surface area contributed by atoms with Crippen LogP contribution in [0.1, 0.15) is 19.3 Å². The minimum atomic E-state index is -3.48. The number of ether oxygens (including phenoxy) is 1. The molecule has 1 aliphatic heterocycles. The van der Waals surface area contributed by atoms with Crippen LogP contribution in [0.4, 0.5) is 0 Å². The molecular weight excluding hydrogens is 326 g/mol. The van der Waals surface area contributed by atoms with Crippen molar-refractivity contribution in [3.05, 3.63) is 42.5 Å². The molecule has 5 nitrogen and oxygen atoms in total. The molecule has 1 atom stereocenters. The zero-order valence-corrected chi connectivity index (χ0v) is 14.2. The fourth-order valence-electron chi connectivity index (χ4n) is 2.83. The van der Waals surface area contributed by atoms with Gasteiger partial charge in [-0.1, -0.05) is 30.3 Å². The van der Waals surface area contributed by atoms with Crippen molar-refractivity contribution in [2.24, 2.45) is 0 Å². The Bertz CT molecular complexity index is 826. The molecule has 0 aliphatic carbocycles. The molecule has 1 N–H and O–H groups in total. The summed E-state index contributed by atoms with van der Waals surface area (Å²) in [4.78, 5) is 12.1. The fourth-order valence-corrected chi connectivity index (χ4v) is 4.10. The zero-order chi connectivity index (χ0) is 17.0. The Kier molecular flexibility index (Phi) is 5.16. The maximum atomic E-state index is 12.4. The van der Waals surface area contributed by atoms with Gasteiger partial charge >= 0.3 is 0 Å². The molecular formula is C18H21NO4S. The lowest BCUT2D eigenvalue weighted by atomic mass is 10.1. The normalized spacial score (nSPS) is 17.9. The lowest BCUT2D eigenvalue weighted by Crippen LogP contribution is -2.32. The monoisotopic (exact) mass is 347 g/mol. The first-order valence-electron chi connectivity index (χ1n) is 8.14. The fraction of sp³-hybridized carbons (Fsp3) is 0.389. The van der Waals surface area contributed by atoms with Crippen LogP contribution in [0, 0.1) is 0 Å². The summed E-state index contributed by atoms with van der Waals surface area (Å²) in [6, 6.07) is 12.6. The lowest BCUT2D eigenvalue weighted by Gasteiger charge is -2.11. The summed E-state index contributed by atoms with van der Waals surface area (Å²) in [6.45, 7) is 1.19. The molecule has 24 heavy (non-hydrogen) atoms. The van der Waals surface area contributed by atoms with E-state index in [0.29, 0.717) is 6.54 Å². The molecule has 1 fully saturated rings. The van der Waals surface area contributed by atoms with Crippen molar-refractivity contribution in [1.82, 2.24) is 5.32 Å². The van der Waals surface area contributed by atoms with Crippen LogP contribution in [0.3, 0.4) is 0 Å². The predicted molar refractivity (Wildman–Crippen MR) is 92.6 cm³/mol. The Morgan fingerprint density at radius 1 is 1.17 bits per heavy atom. The molecule has 1 amide bonds. The van der Waals surface area contributed by atoms with Crippen molar-refractivity contribution in [3.8, 4) is 0 Å². The number of carbonyl (C=O) groups is 1. The third-order valence-electron chi connectivity index (χ3n) is 4.23. The number of carbonyl (C=O) groups excluding carboxylic acids is 1. The van der Waals surface area contributed by atoms with Crippen LogP contribution in [-0.4, -0.2) is 39.3 Å². The first kappa shape index (κ1) is 16.9. The van der Waals surface area contributed by atoms with E-state index in [9.17, 15) is 13.2 Å². The van der Waals surface area contributed by atoms with Gasteiger partial charge in [0.15, 0.2) is 9.84 Å². The predicted octanol–water partition coefficient (Wildman–Crippen LogP) is 2.30. The van der Waals surface area contributed by atoms with Gasteiger partial charge in [-0.3, -0.25) is 4.79 Å². The van der Waals surface area contributed by atoms with Crippen LogP contribution in [0.25, 0.3) is 10.8 Å². The summed E-state index contributed by atoms with van der Waals surface area (Å²) in [6.07, 6.45) is 1.97. The summed E-state index contributed by atoms with van der Waals surface area (Å²) >= 11 is 0. The van der Waals surface area contributed by atoms with Gasteiger partial charge in [-0.05, 0) is 35.7 Å². The third kappa shape index (κ3) is 4.13. The number of hydrogen-bond donors (Lipinski definition) is 1. The second-order valence-electron chi connectivity index (χ2n) is 6.02. The van der Waals surface area contributed by atoms with E-state index in [-0.39, 0.29) is 29.1 Å². The van der Waals surface area contributed by atoms with E-state index in [4.69, 9.17) is 4.74 Å². The first-order chi connectivity index (χ1) is 11.5. The van der Waals surface area contributed by atoms with E-state index in [0.717, 1.165) is 30.2 Å². The van der Waals surface area contributed by atoms with Gasteiger partial charge in [0.2, 0.25) is 5.91 Å². The number of hydrogen-bond acceptors (Lipinski definition) is 4. The van der Waals surface area contributed by atoms with E-state index in [1.54, 1.807) is 18.2 Å². The molecule has 6 heteroatoms. The molecule has 0 bridgehead atoms. The second-order valence-corrected chi connectivity index (χ2v) is 8.13. The van der Waals surface area contributed by atoms with Crippen LogP contribution < -0.4 is 5.32 Å². The van der Waals surface area contributed by atoms with Crippen molar-refractivity contribution < 1.29 is 17.9 Å². The van der Waals surface area contributed by atoms with Crippen LogP contribution in [0.5, 0.6) is 0 Å². The number of fused-ring (bicyclic) bond motifs is 1. The molecule has 2 aromatic carbocycles. The Morgan fingerprint density at radius 2 is 1.96 bits per heavy atom. The van der Waals surface area contributed by atoms with Crippen molar-refractivity contribution in [2.45, 2.75) is 30.3 Å². The van der Waals surface area contributed by atoms with Crippen molar-refractivity contribution in [3.63, 3.8) is 0 Å². The highest BCUT2D eigenvalue weighted by Gasteiger charge is 2.19. The molecule has 0 radical (unpaired) electrons. The maximum Gasteiger partial charge on any atom is 0.221 e. The summed E-state index contributed by atoms with van der Waals surface area (Å²) in [7, 11) is -3.48. The molecule has 1 heterocycles. The van der Waals surface area contributed by atoms with Gasteiger partial charge in [0.05, 0.1) is 16.8 Å². The van der Waals surface area contributed by atoms with Gasteiger partial charge in [-0.25, -0.2) is 8.42 Å². The van der Waals surface area contributed by atoms with Gasteiger partial charge in [0, 0.05) is 19.6 Å². The minimum absolute atomic E-state index is 0.0398. The van der Waals surface area contributed by atoms with Gasteiger partial charge in [0.1, 0.15) is 0 Å². The molecule has 0 spiro atoms. The smallest absolute Gasteiger partial charge is 0.221 e. The SMILES string of the molecule is O=C(CCS(=O)(=O)c1ccc2ccccc2c1)NCC1CCCO1.